The molecule has 4 rings (SSSR count). The third-order valence-electron chi connectivity index (χ3n) is 4.25. The standard InChI is InChI=1S/C19H17N3O3S/c1-12-3-8-16(25-12)9-17-18(24)22-11-21(10-20-19(22)26-17)15-6-4-14(5-7-15)13(2)23/h3-9H,10-11H2,1-2H3/b17-9+. The highest BCUT2D eigenvalue weighted by atomic mass is 32.1. The Morgan fingerprint density at radius 2 is 2.00 bits per heavy atom. The number of ketones is 1. The van der Waals surface area contributed by atoms with Crippen LogP contribution in [0.3, 0.4) is 0 Å². The summed E-state index contributed by atoms with van der Waals surface area (Å²) in [5.41, 5.74) is 1.52. The maximum atomic E-state index is 12.7. The molecule has 0 atom stereocenters. The Morgan fingerprint density at radius 1 is 1.23 bits per heavy atom. The van der Waals surface area contributed by atoms with E-state index in [-0.39, 0.29) is 11.3 Å². The van der Waals surface area contributed by atoms with Crippen molar-refractivity contribution in [1.82, 2.24) is 4.57 Å². The highest BCUT2D eigenvalue weighted by Crippen LogP contribution is 2.17. The summed E-state index contributed by atoms with van der Waals surface area (Å²) in [6, 6.07) is 11.1. The Morgan fingerprint density at radius 3 is 2.65 bits per heavy atom. The fraction of sp³-hybridized carbons (Fsp3) is 0.211. The summed E-state index contributed by atoms with van der Waals surface area (Å²) in [6.07, 6.45) is 1.76. The van der Waals surface area contributed by atoms with Crippen LogP contribution in [0.5, 0.6) is 0 Å². The van der Waals surface area contributed by atoms with Crippen LogP contribution in [0.1, 0.15) is 28.8 Å². The maximum Gasteiger partial charge on any atom is 0.271 e. The van der Waals surface area contributed by atoms with E-state index in [1.165, 1.54) is 11.3 Å². The molecule has 3 heterocycles. The monoisotopic (exact) mass is 367 g/mol. The minimum atomic E-state index is -0.0761. The van der Waals surface area contributed by atoms with E-state index >= 15 is 0 Å². The Balaban J connectivity index is 1.66. The van der Waals surface area contributed by atoms with Gasteiger partial charge in [-0.05, 0) is 50.2 Å². The molecule has 0 fully saturated rings. The first-order valence-corrected chi connectivity index (χ1v) is 9.01. The van der Waals surface area contributed by atoms with Crippen LogP contribution in [-0.2, 0) is 6.67 Å². The van der Waals surface area contributed by atoms with E-state index in [4.69, 9.17) is 4.42 Å². The molecule has 0 unspecified atom stereocenters. The van der Waals surface area contributed by atoms with Gasteiger partial charge in [-0.3, -0.25) is 14.2 Å². The van der Waals surface area contributed by atoms with Crippen LogP contribution in [-0.4, -0.2) is 17.0 Å². The second-order valence-corrected chi connectivity index (χ2v) is 7.17. The van der Waals surface area contributed by atoms with Gasteiger partial charge in [0.15, 0.2) is 10.6 Å². The Kier molecular flexibility index (Phi) is 4.08. The van der Waals surface area contributed by atoms with Crippen molar-refractivity contribution >= 4 is 28.9 Å². The summed E-state index contributed by atoms with van der Waals surface area (Å²) in [5, 5.41) is 0. The molecule has 0 aliphatic carbocycles. The normalized spacial score (nSPS) is 14.2. The van der Waals surface area contributed by atoms with E-state index in [1.54, 1.807) is 29.7 Å². The van der Waals surface area contributed by atoms with Gasteiger partial charge in [0.25, 0.3) is 5.56 Å². The predicted octanol–water partition coefficient (Wildman–Crippen LogP) is 1.90. The van der Waals surface area contributed by atoms with Gasteiger partial charge in [0.1, 0.15) is 24.9 Å². The summed E-state index contributed by atoms with van der Waals surface area (Å²) >= 11 is 1.37. The van der Waals surface area contributed by atoms with E-state index < -0.39 is 0 Å². The Bertz CT molecular complexity index is 1150. The maximum absolute atomic E-state index is 12.7. The van der Waals surface area contributed by atoms with E-state index in [2.05, 4.69) is 4.99 Å². The lowest BCUT2D eigenvalue weighted by molar-refractivity contribution is 0.101. The first-order chi connectivity index (χ1) is 12.5. The lowest BCUT2D eigenvalue weighted by atomic mass is 10.1. The summed E-state index contributed by atoms with van der Waals surface area (Å²) in [4.78, 5) is 31.4. The zero-order valence-corrected chi connectivity index (χ0v) is 15.2. The first-order valence-electron chi connectivity index (χ1n) is 8.19. The number of rotatable bonds is 3. The van der Waals surface area contributed by atoms with E-state index in [0.29, 0.717) is 34.0 Å². The zero-order chi connectivity index (χ0) is 18.3. The molecule has 3 aromatic rings. The highest BCUT2D eigenvalue weighted by Gasteiger charge is 2.16. The number of thiazole rings is 1. The SMILES string of the molecule is CC(=O)c1ccc(N2CN=c3s/c(=C/c4ccc(C)o4)c(=O)n3C2)cc1. The summed E-state index contributed by atoms with van der Waals surface area (Å²) in [5.74, 6) is 1.50. The molecule has 0 amide bonds. The van der Waals surface area contributed by atoms with Gasteiger partial charge in [-0.25, -0.2) is 4.99 Å². The lowest BCUT2D eigenvalue weighted by Crippen LogP contribution is -2.42. The summed E-state index contributed by atoms with van der Waals surface area (Å²) in [6.45, 7) is 4.31. The minimum absolute atomic E-state index is 0.0320. The zero-order valence-electron chi connectivity index (χ0n) is 14.4. The molecule has 1 aromatic carbocycles. The van der Waals surface area contributed by atoms with Gasteiger partial charge in [-0.1, -0.05) is 11.3 Å². The van der Waals surface area contributed by atoms with Gasteiger partial charge < -0.3 is 9.32 Å². The lowest BCUT2D eigenvalue weighted by Gasteiger charge is -2.25. The molecule has 0 saturated heterocycles. The van der Waals surface area contributed by atoms with Crippen molar-refractivity contribution in [1.29, 1.82) is 0 Å². The third-order valence-corrected chi connectivity index (χ3v) is 5.29. The molecule has 6 nitrogen and oxygen atoms in total. The summed E-state index contributed by atoms with van der Waals surface area (Å²) in [7, 11) is 0. The van der Waals surface area contributed by atoms with Crippen molar-refractivity contribution in [2.75, 3.05) is 11.6 Å². The van der Waals surface area contributed by atoms with Gasteiger partial charge in [0, 0.05) is 17.3 Å². The average molecular weight is 367 g/mol. The third kappa shape index (κ3) is 3.01. The largest absolute Gasteiger partial charge is 0.462 e. The number of benzene rings is 1. The van der Waals surface area contributed by atoms with E-state index in [9.17, 15) is 9.59 Å². The topological polar surface area (TPSA) is 67.8 Å². The fourth-order valence-corrected chi connectivity index (χ4v) is 3.78. The molecule has 2 aromatic heterocycles. The molecule has 132 valence electrons. The van der Waals surface area contributed by atoms with Crippen molar-refractivity contribution in [3.05, 3.63) is 73.2 Å². The number of hydrogen-bond acceptors (Lipinski definition) is 6. The predicted molar refractivity (Wildman–Crippen MR) is 100 cm³/mol. The molecule has 0 radical (unpaired) electrons. The van der Waals surface area contributed by atoms with Gasteiger partial charge in [0.05, 0.1) is 4.53 Å². The molecule has 0 N–H and O–H groups in total. The average Bonchev–Trinajstić information content (AvgIpc) is 3.18. The molecular weight excluding hydrogens is 350 g/mol. The number of fused-ring (bicyclic) bond motifs is 1. The Labute approximate surface area is 153 Å². The molecule has 26 heavy (non-hydrogen) atoms. The van der Waals surface area contributed by atoms with Crippen molar-refractivity contribution in [3.8, 4) is 0 Å². The number of carbonyl (C=O) groups excluding carboxylic acids is 1. The number of nitrogens with zero attached hydrogens (tertiary/aromatic N) is 3. The van der Waals surface area contributed by atoms with Crippen molar-refractivity contribution in [2.24, 2.45) is 4.99 Å². The number of hydrogen-bond donors (Lipinski definition) is 0. The van der Waals surface area contributed by atoms with Crippen molar-refractivity contribution < 1.29 is 9.21 Å². The highest BCUT2D eigenvalue weighted by molar-refractivity contribution is 7.07. The van der Waals surface area contributed by atoms with Crippen LogP contribution in [0.15, 0.2) is 50.6 Å². The molecule has 7 heteroatoms. The number of Topliss-reactive ketones (excluding diaryl/α,β-unsaturated/α-hetero) is 1. The quantitative estimate of drug-likeness (QED) is 0.663. The number of aryl methyl sites for hydroxylation is 1. The van der Waals surface area contributed by atoms with Gasteiger partial charge in [-0.15, -0.1) is 0 Å². The molecule has 1 aliphatic rings. The fourth-order valence-electron chi connectivity index (χ4n) is 2.84. The van der Waals surface area contributed by atoms with E-state index in [1.807, 2.05) is 36.1 Å². The number of furan rings is 1. The second-order valence-electron chi connectivity index (χ2n) is 6.16. The van der Waals surface area contributed by atoms with E-state index in [0.717, 1.165) is 11.4 Å². The second kappa shape index (κ2) is 6.42. The molecule has 0 saturated carbocycles. The van der Waals surface area contributed by atoms with Crippen LogP contribution in [0.4, 0.5) is 5.69 Å². The van der Waals surface area contributed by atoms with Gasteiger partial charge in [-0.2, -0.15) is 0 Å². The number of aromatic nitrogens is 1. The van der Waals surface area contributed by atoms with Crippen molar-refractivity contribution in [3.63, 3.8) is 0 Å². The van der Waals surface area contributed by atoms with Gasteiger partial charge in [0.2, 0.25) is 0 Å². The summed E-state index contributed by atoms with van der Waals surface area (Å²) < 4.78 is 7.79. The molecular formula is C19H17N3O3S. The van der Waals surface area contributed by atoms with Crippen LogP contribution in [0.25, 0.3) is 6.08 Å². The van der Waals surface area contributed by atoms with Crippen molar-refractivity contribution in [2.45, 2.75) is 20.5 Å². The Hall–Kier alpha value is -2.93. The van der Waals surface area contributed by atoms with Crippen LogP contribution in [0.2, 0.25) is 0 Å². The minimum Gasteiger partial charge on any atom is -0.462 e. The number of carbonyl (C=O) groups is 1. The smallest absolute Gasteiger partial charge is 0.271 e. The molecule has 1 aliphatic heterocycles. The first kappa shape index (κ1) is 16.5. The molecule has 0 bridgehead atoms. The van der Waals surface area contributed by atoms with Crippen LogP contribution < -0.4 is 19.8 Å². The van der Waals surface area contributed by atoms with Crippen LogP contribution in [0, 0.1) is 6.92 Å². The van der Waals surface area contributed by atoms with Crippen LogP contribution >= 0.6 is 11.3 Å². The molecule has 0 spiro atoms. The van der Waals surface area contributed by atoms with Gasteiger partial charge >= 0.3 is 0 Å². The number of anilines is 1.